The number of unbranched alkanes of at least 4 members (excludes halogenated alkanes) is 4. The minimum absolute atomic E-state index is 0.0447. The van der Waals surface area contributed by atoms with Gasteiger partial charge in [-0.15, -0.1) is 0 Å². The maximum Gasteiger partial charge on any atom is 0.307 e. The Hall–Kier alpha value is -1.10. The van der Waals surface area contributed by atoms with Gasteiger partial charge in [0.2, 0.25) is 0 Å². The Balaban J connectivity index is 3.81. The molecular weight excluding hydrogens is 294 g/mol. The third-order valence-electron chi connectivity index (χ3n) is 3.33. The molecular formula is C18H33NO4. The maximum atomic E-state index is 11.6. The van der Waals surface area contributed by atoms with E-state index in [-0.39, 0.29) is 25.2 Å². The zero-order chi connectivity index (χ0) is 17.7. The first kappa shape index (κ1) is 21.9. The van der Waals surface area contributed by atoms with Crippen LogP contribution in [0.5, 0.6) is 0 Å². The summed E-state index contributed by atoms with van der Waals surface area (Å²) in [5, 5.41) is 0. The lowest BCUT2D eigenvalue weighted by Gasteiger charge is -2.23. The van der Waals surface area contributed by atoms with Gasteiger partial charge >= 0.3 is 11.9 Å². The van der Waals surface area contributed by atoms with Crippen molar-refractivity contribution < 1.29 is 19.1 Å². The van der Waals surface area contributed by atoms with Crippen LogP contribution in [-0.4, -0.2) is 50.7 Å². The van der Waals surface area contributed by atoms with Gasteiger partial charge in [0, 0.05) is 18.4 Å². The van der Waals surface area contributed by atoms with Crippen molar-refractivity contribution in [3.05, 3.63) is 13.8 Å². The fraction of sp³-hybridized carbons (Fsp3) is 0.778. The largest absolute Gasteiger partial charge is 0.465 e. The van der Waals surface area contributed by atoms with Gasteiger partial charge in [0.1, 0.15) is 13.2 Å². The number of nitrogens with zero attached hydrogens (tertiary/aromatic N) is 1. The highest BCUT2D eigenvalue weighted by molar-refractivity contribution is 5.70. The molecule has 0 saturated heterocycles. The monoisotopic (exact) mass is 327 g/mol. The Morgan fingerprint density at radius 2 is 1.43 bits per heavy atom. The molecule has 0 aromatic heterocycles. The molecule has 0 bridgehead atoms. The van der Waals surface area contributed by atoms with Crippen molar-refractivity contribution >= 4 is 11.9 Å². The van der Waals surface area contributed by atoms with E-state index in [4.69, 9.17) is 9.47 Å². The van der Waals surface area contributed by atoms with Crippen LogP contribution in [0.25, 0.3) is 0 Å². The molecule has 0 aliphatic heterocycles. The Morgan fingerprint density at radius 3 is 1.96 bits per heavy atom. The third kappa shape index (κ3) is 14.2. The maximum absolute atomic E-state index is 11.6. The molecule has 23 heavy (non-hydrogen) atoms. The van der Waals surface area contributed by atoms with Gasteiger partial charge in [0.25, 0.3) is 0 Å². The van der Waals surface area contributed by atoms with E-state index in [1.54, 1.807) is 0 Å². The molecule has 0 unspecified atom stereocenters. The summed E-state index contributed by atoms with van der Waals surface area (Å²) in [7, 11) is 3.78. The van der Waals surface area contributed by atoms with Crippen molar-refractivity contribution in [3.63, 3.8) is 0 Å². The zero-order valence-electron chi connectivity index (χ0n) is 15.1. The zero-order valence-corrected chi connectivity index (χ0v) is 15.1. The summed E-state index contributed by atoms with van der Waals surface area (Å²) >= 11 is 0. The highest BCUT2D eigenvalue weighted by Gasteiger charge is 2.23. The lowest BCUT2D eigenvalue weighted by molar-refractivity contribution is -0.150. The van der Waals surface area contributed by atoms with E-state index >= 15 is 0 Å². The fourth-order valence-corrected chi connectivity index (χ4v) is 1.84. The smallest absolute Gasteiger partial charge is 0.307 e. The second-order valence-electron chi connectivity index (χ2n) is 6.54. The van der Waals surface area contributed by atoms with Crippen molar-refractivity contribution in [3.8, 4) is 0 Å². The van der Waals surface area contributed by atoms with Crippen LogP contribution in [0.15, 0.2) is 0 Å². The Kier molecular flexibility index (Phi) is 11.7. The predicted molar refractivity (Wildman–Crippen MR) is 91.6 cm³/mol. The minimum Gasteiger partial charge on any atom is -0.465 e. The van der Waals surface area contributed by atoms with E-state index < -0.39 is 5.41 Å². The normalized spacial score (nSPS) is 11.6. The van der Waals surface area contributed by atoms with Gasteiger partial charge in [0.05, 0.1) is 6.42 Å². The number of hydrogen-bond acceptors (Lipinski definition) is 5. The highest BCUT2D eigenvalue weighted by atomic mass is 16.5. The second-order valence-corrected chi connectivity index (χ2v) is 6.54. The van der Waals surface area contributed by atoms with Crippen molar-refractivity contribution in [1.29, 1.82) is 0 Å². The number of rotatable bonds is 13. The molecule has 0 heterocycles. The summed E-state index contributed by atoms with van der Waals surface area (Å²) in [5.74, 6) is -0.533. The van der Waals surface area contributed by atoms with E-state index in [1.807, 2.05) is 19.0 Å². The van der Waals surface area contributed by atoms with Gasteiger partial charge in [-0.05, 0) is 34.4 Å². The van der Waals surface area contributed by atoms with Crippen LogP contribution in [-0.2, 0) is 19.1 Å². The number of hydrogen-bond donors (Lipinski definition) is 0. The molecule has 0 aromatic carbocycles. The van der Waals surface area contributed by atoms with Crippen LogP contribution >= 0.6 is 0 Å². The summed E-state index contributed by atoms with van der Waals surface area (Å²) in [4.78, 5) is 25.1. The molecule has 0 rings (SSSR count). The molecule has 5 heteroatoms. The number of carbonyl (C=O) groups excluding carboxylic acids is 2. The molecule has 134 valence electrons. The van der Waals surface area contributed by atoms with Gasteiger partial charge in [-0.3, -0.25) is 9.59 Å². The summed E-state index contributed by atoms with van der Waals surface area (Å²) in [6.45, 7) is 10.6. The lowest BCUT2D eigenvalue weighted by Crippen LogP contribution is -2.30. The van der Waals surface area contributed by atoms with Crippen LogP contribution in [0.1, 0.15) is 51.9 Å². The van der Waals surface area contributed by atoms with Crippen LogP contribution < -0.4 is 0 Å². The SMILES string of the molecule is [CH2]C([CH2])(COC(=O)CCCCCCC)COC(=O)CCN(C)C. The summed E-state index contributed by atoms with van der Waals surface area (Å²) in [6, 6.07) is 0. The number of ether oxygens (including phenoxy) is 2. The van der Waals surface area contributed by atoms with Gasteiger partial charge in [-0.25, -0.2) is 0 Å². The van der Waals surface area contributed by atoms with Crippen LogP contribution in [0, 0.1) is 19.3 Å². The standard InChI is InChI=1S/C18H33NO4/c1-6-7-8-9-10-11-16(20)22-14-18(2,3)15-23-17(21)12-13-19(4)5/h2-3,6-15H2,1,4-5H3. The topological polar surface area (TPSA) is 55.8 Å². The van der Waals surface area contributed by atoms with Gasteiger partial charge in [-0.2, -0.15) is 0 Å². The molecule has 2 radical (unpaired) electrons. The molecule has 0 atom stereocenters. The summed E-state index contributed by atoms with van der Waals surface area (Å²) in [5.41, 5.74) is -0.856. The van der Waals surface area contributed by atoms with Gasteiger partial charge in [0.15, 0.2) is 0 Å². The average Bonchev–Trinajstić information content (AvgIpc) is 2.49. The van der Waals surface area contributed by atoms with E-state index in [9.17, 15) is 9.59 Å². The van der Waals surface area contributed by atoms with E-state index in [1.165, 1.54) is 12.8 Å². The van der Waals surface area contributed by atoms with E-state index in [0.717, 1.165) is 19.3 Å². The van der Waals surface area contributed by atoms with Gasteiger partial charge < -0.3 is 14.4 Å². The Labute approximate surface area is 141 Å². The average molecular weight is 327 g/mol. The highest BCUT2D eigenvalue weighted by Crippen LogP contribution is 2.16. The molecule has 0 N–H and O–H groups in total. The summed E-state index contributed by atoms with van der Waals surface area (Å²) in [6.07, 6.45) is 6.18. The first-order valence-corrected chi connectivity index (χ1v) is 8.43. The molecule has 0 fully saturated rings. The Bertz CT molecular complexity index is 340. The third-order valence-corrected chi connectivity index (χ3v) is 3.33. The van der Waals surface area contributed by atoms with Crippen LogP contribution in [0.4, 0.5) is 0 Å². The van der Waals surface area contributed by atoms with E-state index in [2.05, 4.69) is 20.8 Å². The number of carbonyl (C=O) groups is 2. The van der Waals surface area contributed by atoms with Crippen LogP contribution in [0.2, 0.25) is 0 Å². The molecule has 0 aromatic rings. The van der Waals surface area contributed by atoms with Crippen molar-refractivity contribution in [2.24, 2.45) is 5.41 Å². The van der Waals surface area contributed by atoms with E-state index in [0.29, 0.717) is 19.4 Å². The molecule has 0 aliphatic carbocycles. The Morgan fingerprint density at radius 1 is 0.913 bits per heavy atom. The predicted octanol–water partition coefficient (Wildman–Crippen LogP) is 3.04. The van der Waals surface area contributed by atoms with Crippen molar-refractivity contribution in [2.75, 3.05) is 33.9 Å². The quantitative estimate of drug-likeness (QED) is 0.384. The summed E-state index contributed by atoms with van der Waals surface area (Å²) < 4.78 is 10.3. The van der Waals surface area contributed by atoms with Crippen molar-refractivity contribution in [2.45, 2.75) is 51.9 Å². The van der Waals surface area contributed by atoms with Crippen molar-refractivity contribution in [1.82, 2.24) is 4.90 Å². The molecule has 0 saturated carbocycles. The first-order valence-electron chi connectivity index (χ1n) is 8.43. The first-order chi connectivity index (χ1) is 10.8. The molecule has 0 spiro atoms. The molecule has 0 aliphatic rings. The molecule has 0 amide bonds. The fourth-order valence-electron chi connectivity index (χ4n) is 1.84. The molecule has 5 nitrogen and oxygen atoms in total. The minimum atomic E-state index is -0.856. The lowest BCUT2D eigenvalue weighted by atomic mass is 9.96. The number of esters is 2. The van der Waals surface area contributed by atoms with Crippen LogP contribution in [0.3, 0.4) is 0 Å². The van der Waals surface area contributed by atoms with Gasteiger partial charge in [-0.1, -0.05) is 32.6 Å². The second kappa shape index (κ2) is 12.3.